The molecule has 162 valence electrons. The van der Waals surface area contributed by atoms with Crippen LogP contribution in [0.1, 0.15) is 35.2 Å². The molecule has 2 aromatic carbocycles. The molecule has 31 heavy (non-hydrogen) atoms. The fraction of sp³-hybridized carbons (Fsp3) is 0.333. The van der Waals surface area contributed by atoms with Gasteiger partial charge in [0.15, 0.2) is 0 Å². The number of nitrogens with two attached hydrogens (primary N) is 2. The summed E-state index contributed by atoms with van der Waals surface area (Å²) in [5.74, 6) is -0.642. The number of carbonyl (C=O) groups excluding carboxylic acids is 2. The first-order chi connectivity index (χ1) is 14.9. The zero-order valence-electron chi connectivity index (χ0n) is 17.4. The monoisotopic (exact) mass is 422 g/mol. The third-order valence-electron chi connectivity index (χ3n) is 6.18. The summed E-state index contributed by atoms with van der Waals surface area (Å²) in [6, 6.07) is 9.61. The van der Waals surface area contributed by atoms with Crippen molar-refractivity contribution in [2.75, 3.05) is 31.9 Å². The molecule has 0 saturated carbocycles. The summed E-state index contributed by atoms with van der Waals surface area (Å²) >= 11 is 0. The Bertz CT molecular complexity index is 1030. The van der Waals surface area contributed by atoms with Gasteiger partial charge in [-0.15, -0.1) is 0 Å². The van der Waals surface area contributed by atoms with Crippen LogP contribution in [0.3, 0.4) is 0 Å². The van der Waals surface area contributed by atoms with E-state index in [-0.39, 0.29) is 23.2 Å². The van der Waals surface area contributed by atoms with Crippen LogP contribution in [0.5, 0.6) is 0 Å². The van der Waals surface area contributed by atoms with Gasteiger partial charge >= 0.3 is 0 Å². The molecule has 6 nitrogen and oxygen atoms in total. The summed E-state index contributed by atoms with van der Waals surface area (Å²) in [5.41, 5.74) is 15.7. The van der Waals surface area contributed by atoms with E-state index in [4.69, 9.17) is 11.5 Å². The Hall–Kier alpha value is -3.19. The van der Waals surface area contributed by atoms with Crippen LogP contribution in [0.15, 0.2) is 42.5 Å². The van der Waals surface area contributed by atoms with Crippen LogP contribution >= 0.6 is 0 Å². The molecule has 0 bridgehead atoms. The van der Waals surface area contributed by atoms with E-state index >= 15 is 0 Å². The molecule has 0 radical (unpaired) electrons. The maximum absolute atomic E-state index is 13.3. The van der Waals surface area contributed by atoms with Gasteiger partial charge in [-0.1, -0.05) is 18.2 Å². The van der Waals surface area contributed by atoms with Crippen molar-refractivity contribution in [1.82, 2.24) is 10.2 Å². The molecule has 0 aliphatic carbocycles. The number of anilines is 1. The van der Waals surface area contributed by atoms with Crippen LogP contribution in [0.2, 0.25) is 0 Å². The number of carbonyl (C=O) groups is 2. The van der Waals surface area contributed by atoms with Gasteiger partial charge < -0.3 is 21.7 Å². The van der Waals surface area contributed by atoms with Gasteiger partial charge in [-0.05, 0) is 73.3 Å². The predicted octanol–water partition coefficient (Wildman–Crippen LogP) is 2.79. The van der Waals surface area contributed by atoms with E-state index in [1.54, 1.807) is 18.2 Å². The van der Waals surface area contributed by atoms with Gasteiger partial charge in [0.05, 0.1) is 11.3 Å². The Labute approximate surface area is 181 Å². The maximum atomic E-state index is 13.3. The van der Waals surface area contributed by atoms with E-state index in [9.17, 15) is 14.0 Å². The molecule has 0 spiro atoms. The molecule has 2 aliphatic rings. The summed E-state index contributed by atoms with van der Waals surface area (Å²) in [6.07, 6.45) is 4.40. The SMILES string of the molecule is NC(=O)c1cc(-c2ccc(F)cc2)cc(C2=CCN(C(=O)C3CCNCC3)CC2)c1N. The van der Waals surface area contributed by atoms with Crippen LogP contribution in [-0.2, 0) is 4.79 Å². The summed E-state index contributed by atoms with van der Waals surface area (Å²) < 4.78 is 13.3. The van der Waals surface area contributed by atoms with E-state index in [1.165, 1.54) is 12.1 Å². The Morgan fingerprint density at radius 3 is 2.39 bits per heavy atom. The first-order valence-corrected chi connectivity index (χ1v) is 10.6. The van der Waals surface area contributed by atoms with Crippen LogP contribution in [-0.4, -0.2) is 42.9 Å². The number of nitrogens with one attached hydrogen (secondary N) is 1. The molecule has 2 heterocycles. The van der Waals surface area contributed by atoms with Gasteiger partial charge in [-0.25, -0.2) is 4.39 Å². The summed E-state index contributed by atoms with van der Waals surface area (Å²) in [7, 11) is 0. The lowest BCUT2D eigenvalue weighted by Crippen LogP contribution is -2.42. The largest absolute Gasteiger partial charge is 0.398 e. The van der Waals surface area contributed by atoms with Crippen molar-refractivity contribution in [3.8, 4) is 11.1 Å². The van der Waals surface area contributed by atoms with Gasteiger partial charge in [0.25, 0.3) is 5.91 Å². The van der Waals surface area contributed by atoms with Gasteiger partial charge in [-0.3, -0.25) is 9.59 Å². The lowest BCUT2D eigenvalue weighted by Gasteiger charge is -2.32. The quantitative estimate of drug-likeness (QED) is 0.660. The smallest absolute Gasteiger partial charge is 0.250 e. The third-order valence-corrected chi connectivity index (χ3v) is 6.18. The van der Waals surface area contributed by atoms with Gasteiger partial charge in [0.2, 0.25) is 5.91 Å². The molecule has 2 aromatic rings. The van der Waals surface area contributed by atoms with Gasteiger partial charge in [-0.2, -0.15) is 0 Å². The molecular formula is C24H27FN4O2. The highest BCUT2D eigenvalue weighted by atomic mass is 19.1. The molecule has 0 aromatic heterocycles. The van der Waals surface area contributed by atoms with E-state index < -0.39 is 5.91 Å². The molecule has 0 atom stereocenters. The molecular weight excluding hydrogens is 395 g/mol. The Balaban J connectivity index is 1.62. The maximum Gasteiger partial charge on any atom is 0.250 e. The summed E-state index contributed by atoms with van der Waals surface area (Å²) in [6.45, 7) is 2.90. The van der Waals surface area contributed by atoms with E-state index in [1.807, 2.05) is 17.0 Å². The number of rotatable bonds is 4. The van der Waals surface area contributed by atoms with Crippen LogP contribution in [0.4, 0.5) is 10.1 Å². The highest BCUT2D eigenvalue weighted by molar-refractivity contribution is 6.02. The zero-order chi connectivity index (χ0) is 22.0. The van der Waals surface area contributed by atoms with Crippen molar-refractivity contribution in [2.24, 2.45) is 11.7 Å². The normalized spacial score (nSPS) is 17.3. The van der Waals surface area contributed by atoms with Crippen molar-refractivity contribution in [1.29, 1.82) is 0 Å². The first-order valence-electron chi connectivity index (χ1n) is 10.6. The highest BCUT2D eigenvalue weighted by Crippen LogP contribution is 2.34. The lowest BCUT2D eigenvalue weighted by atomic mass is 9.90. The van der Waals surface area contributed by atoms with Crippen LogP contribution < -0.4 is 16.8 Å². The summed E-state index contributed by atoms with van der Waals surface area (Å²) in [5, 5.41) is 3.29. The fourth-order valence-electron chi connectivity index (χ4n) is 4.37. The molecule has 1 fully saturated rings. The van der Waals surface area contributed by atoms with Crippen LogP contribution in [0.25, 0.3) is 16.7 Å². The second-order valence-electron chi connectivity index (χ2n) is 8.14. The van der Waals surface area contributed by atoms with E-state index in [0.717, 1.165) is 48.2 Å². The number of nitrogens with zero attached hydrogens (tertiary/aromatic N) is 1. The molecule has 1 saturated heterocycles. The molecule has 4 rings (SSSR count). The van der Waals surface area contributed by atoms with Gasteiger partial charge in [0, 0.05) is 24.6 Å². The van der Waals surface area contributed by atoms with E-state index in [2.05, 4.69) is 5.32 Å². The minimum Gasteiger partial charge on any atom is -0.398 e. The molecule has 2 amide bonds. The average molecular weight is 423 g/mol. The number of amides is 2. The van der Waals surface area contributed by atoms with Crippen molar-refractivity contribution in [3.05, 3.63) is 59.4 Å². The third kappa shape index (κ3) is 4.46. The Morgan fingerprint density at radius 1 is 1.06 bits per heavy atom. The number of halogens is 1. The lowest BCUT2D eigenvalue weighted by molar-refractivity contribution is -0.135. The van der Waals surface area contributed by atoms with E-state index in [0.29, 0.717) is 25.2 Å². The summed E-state index contributed by atoms with van der Waals surface area (Å²) in [4.78, 5) is 26.7. The standard InChI is InChI=1S/C24H27FN4O2/c25-19-3-1-15(2-4-19)18-13-20(22(26)21(14-18)23(27)30)16-7-11-29(12-8-16)24(31)17-5-9-28-10-6-17/h1-4,7,13-14,17,28H,5-6,8-12,26H2,(H2,27,30). The fourth-order valence-corrected chi connectivity index (χ4v) is 4.37. The molecule has 0 unspecified atom stereocenters. The van der Waals surface area contributed by atoms with Crippen LogP contribution in [0, 0.1) is 11.7 Å². The number of primary amides is 1. The van der Waals surface area contributed by atoms with Crippen molar-refractivity contribution >= 4 is 23.1 Å². The van der Waals surface area contributed by atoms with Gasteiger partial charge in [0.1, 0.15) is 5.82 Å². The number of nitrogen functional groups attached to an aromatic ring is 1. The second-order valence-corrected chi connectivity index (χ2v) is 8.14. The first kappa shape index (κ1) is 21.1. The number of benzene rings is 2. The Morgan fingerprint density at radius 2 is 1.77 bits per heavy atom. The number of piperidine rings is 1. The second kappa shape index (κ2) is 8.89. The number of hydrogen-bond donors (Lipinski definition) is 3. The number of hydrogen-bond acceptors (Lipinski definition) is 4. The molecule has 2 aliphatic heterocycles. The van der Waals surface area contributed by atoms with Crippen molar-refractivity contribution in [3.63, 3.8) is 0 Å². The minimum atomic E-state index is -0.609. The van der Waals surface area contributed by atoms with Crippen molar-refractivity contribution in [2.45, 2.75) is 19.3 Å². The average Bonchev–Trinajstić information content (AvgIpc) is 2.80. The molecule has 7 heteroatoms. The topological polar surface area (TPSA) is 101 Å². The zero-order valence-corrected chi connectivity index (χ0v) is 17.4. The predicted molar refractivity (Wildman–Crippen MR) is 120 cm³/mol. The minimum absolute atomic E-state index is 0.0875. The highest BCUT2D eigenvalue weighted by Gasteiger charge is 2.27. The Kier molecular flexibility index (Phi) is 6.04. The van der Waals surface area contributed by atoms with Crippen molar-refractivity contribution < 1.29 is 14.0 Å². The molecule has 5 N–H and O–H groups in total.